The molecule has 3 nitrogen and oxygen atoms in total. The fourth-order valence-corrected chi connectivity index (χ4v) is 5.73. The maximum absolute atomic E-state index is 11.3. The number of aliphatic hydroxyl groups is 2. The van der Waals surface area contributed by atoms with E-state index >= 15 is 0 Å². The van der Waals surface area contributed by atoms with Crippen LogP contribution < -0.4 is 4.74 Å². The van der Waals surface area contributed by atoms with Crippen LogP contribution in [0, 0.1) is 12.3 Å². The van der Waals surface area contributed by atoms with Crippen LogP contribution in [-0.2, 0) is 0 Å². The van der Waals surface area contributed by atoms with Crippen molar-refractivity contribution in [1.82, 2.24) is 0 Å². The summed E-state index contributed by atoms with van der Waals surface area (Å²) in [6, 6.07) is 3.83. The third-order valence-electron chi connectivity index (χ3n) is 8.44. The number of rotatable bonds is 28. The molecule has 0 aliphatic carbocycles. The summed E-state index contributed by atoms with van der Waals surface area (Å²) < 4.78 is 6.41. The van der Waals surface area contributed by atoms with E-state index in [9.17, 15) is 10.2 Å². The minimum atomic E-state index is -0.628. The summed E-state index contributed by atoms with van der Waals surface area (Å²) in [6.07, 6.45) is 33.0. The van der Waals surface area contributed by atoms with Gasteiger partial charge in [0.15, 0.2) is 0 Å². The number of unbranched alkanes of at least 4 members (excludes halogenated alkanes) is 19. The first kappa shape index (κ1) is 37.5. The first-order valence-electron chi connectivity index (χ1n) is 17.7. The average Bonchev–Trinajstić information content (AvgIpc) is 2.98. The van der Waals surface area contributed by atoms with E-state index in [0.717, 1.165) is 49.7 Å². The lowest BCUT2D eigenvalue weighted by Crippen LogP contribution is -2.10. The Balaban J connectivity index is 2.80. The summed E-state index contributed by atoms with van der Waals surface area (Å²) in [6.45, 7) is 7.35. The van der Waals surface area contributed by atoms with E-state index in [0.29, 0.717) is 30.8 Å². The van der Waals surface area contributed by atoms with E-state index in [4.69, 9.17) is 11.2 Å². The number of terminal acetylenes is 1. The first-order chi connectivity index (χ1) is 20.1. The lowest BCUT2D eigenvalue weighted by molar-refractivity contribution is 0.145. The zero-order valence-electron chi connectivity index (χ0n) is 27.4. The number of ether oxygens (including phenoxy) is 1. The van der Waals surface area contributed by atoms with Gasteiger partial charge in [-0.2, -0.15) is 0 Å². The molecule has 2 atom stereocenters. The van der Waals surface area contributed by atoms with Crippen LogP contribution in [0.4, 0.5) is 0 Å². The van der Waals surface area contributed by atoms with Crippen molar-refractivity contribution in [2.75, 3.05) is 6.61 Å². The van der Waals surface area contributed by atoms with Crippen LogP contribution in [0.3, 0.4) is 0 Å². The van der Waals surface area contributed by atoms with Crippen molar-refractivity contribution in [1.29, 1.82) is 0 Å². The Morgan fingerprint density at radius 1 is 0.561 bits per heavy atom. The molecule has 236 valence electrons. The third-order valence-corrected chi connectivity index (χ3v) is 8.44. The zero-order valence-corrected chi connectivity index (χ0v) is 27.4. The van der Waals surface area contributed by atoms with Crippen LogP contribution in [0.15, 0.2) is 12.1 Å². The second kappa shape index (κ2) is 26.2. The Hall–Kier alpha value is -1.50. The van der Waals surface area contributed by atoms with E-state index in [1.165, 1.54) is 103 Å². The van der Waals surface area contributed by atoms with E-state index in [-0.39, 0.29) is 0 Å². The van der Waals surface area contributed by atoms with E-state index in [2.05, 4.69) is 26.7 Å². The molecule has 0 radical (unpaired) electrons. The molecule has 0 spiro atoms. The maximum atomic E-state index is 11.3. The SMILES string of the molecule is C#Cc1cc(C(O)CCCCCCCC)c(OCCCCCCCCCCCC)c(C(O)CCCCCCCC)c1. The number of hydrogen-bond donors (Lipinski definition) is 2. The quantitative estimate of drug-likeness (QED) is 0.0778. The molecule has 0 heterocycles. The van der Waals surface area contributed by atoms with Crippen LogP contribution in [-0.4, -0.2) is 16.8 Å². The van der Waals surface area contributed by atoms with Gasteiger partial charge in [0.05, 0.1) is 18.8 Å². The average molecular weight is 571 g/mol. The van der Waals surface area contributed by atoms with Gasteiger partial charge >= 0.3 is 0 Å². The molecule has 0 aliphatic heterocycles. The van der Waals surface area contributed by atoms with Crippen molar-refractivity contribution in [2.24, 2.45) is 0 Å². The van der Waals surface area contributed by atoms with Crippen LogP contribution in [0.5, 0.6) is 5.75 Å². The highest BCUT2D eigenvalue weighted by atomic mass is 16.5. The van der Waals surface area contributed by atoms with Crippen LogP contribution in [0.1, 0.15) is 204 Å². The molecule has 3 heteroatoms. The van der Waals surface area contributed by atoms with Gasteiger partial charge in [0, 0.05) is 16.7 Å². The van der Waals surface area contributed by atoms with E-state index in [1.54, 1.807) is 0 Å². The smallest absolute Gasteiger partial charge is 0.130 e. The molecular formula is C38H66O3. The number of hydrogen-bond acceptors (Lipinski definition) is 3. The molecule has 2 N–H and O–H groups in total. The standard InChI is InChI=1S/C38H66O3/c1-5-9-12-15-18-19-20-21-24-27-30-41-38-34(36(39)28-25-22-16-13-10-6-2)31-33(8-4)32-35(38)37(40)29-26-23-17-14-11-7-3/h4,31-32,36-37,39-40H,5-7,9-30H2,1-3H3. The molecule has 1 aromatic rings. The topological polar surface area (TPSA) is 49.7 Å². The van der Waals surface area contributed by atoms with Gasteiger partial charge < -0.3 is 14.9 Å². The largest absolute Gasteiger partial charge is 0.493 e. The monoisotopic (exact) mass is 571 g/mol. The summed E-state index contributed by atoms with van der Waals surface area (Å²) in [5.41, 5.74) is 2.24. The fourth-order valence-electron chi connectivity index (χ4n) is 5.73. The summed E-state index contributed by atoms with van der Waals surface area (Å²) >= 11 is 0. The molecule has 1 rings (SSSR count). The lowest BCUT2D eigenvalue weighted by atomic mass is 9.92. The second-order valence-corrected chi connectivity index (χ2v) is 12.3. The predicted molar refractivity (Wildman–Crippen MR) is 178 cm³/mol. The minimum Gasteiger partial charge on any atom is -0.493 e. The Bertz CT molecular complexity index is 737. The van der Waals surface area contributed by atoms with Crippen molar-refractivity contribution >= 4 is 0 Å². The second-order valence-electron chi connectivity index (χ2n) is 12.3. The molecule has 41 heavy (non-hydrogen) atoms. The van der Waals surface area contributed by atoms with E-state index in [1.807, 2.05) is 12.1 Å². The molecule has 0 bridgehead atoms. The minimum absolute atomic E-state index is 0.610. The normalized spacial score (nSPS) is 12.8. The van der Waals surface area contributed by atoms with Crippen molar-refractivity contribution < 1.29 is 14.9 Å². The van der Waals surface area contributed by atoms with Gasteiger partial charge in [-0.1, -0.05) is 162 Å². The maximum Gasteiger partial charge on any atom is 0.130 e. The summed E-state index contributed by atoms with van der Waals surface area (Å²) in [4.78, 5) is 0. The summed E-state index contributed by atoms with van der Waals surface area (Å²) in [5, 5.41) is 22.5. The van der Waals surface area contributed by atoms with Gasteiger partial charge in [-0.05, 0) is 31.4 Å². The Morgan fingerprint density at radius 2 is 0.902 bits per heavy atom. The highest BCUT2D eigenvalue weighted by molar-refractivity contribution is 5.51. The van der Waals surface area contributed by atoms with Gasteiger partial charge in [0.25, 0.3) is 0 Å². The van der Waals surface area contributed by atoms with Crippen molar-refractivity contribution in [3.63, 3.8) is 0 Å². The fraction of sp³-hybridized carbons (Fsp3) is 0.789. The third kappa shape index (κ3) is 17.9. The van der Waals surface area contributed by atoms with Crippen LogP contribution in [0.25, 0.3) is 0 Å². The molecule has 0 aliphatic rings. The van der Waals surface area contributed by atoms with Gasteiger partial charge in [0.2, 0.25) is 0 Å². The molecular weight excluding hydrogens is 504 g/mol. The molecule has 0 amide bonds. The van der Waals surface area contributed by atoms with Crippen molar-refractivity contribution in [3.8, 4) is 18.1 Å². The van der Waals surface area contributed by atoms with Crippen LogP contribution >= 0.6 is 0 Å². The van der Waals surface area contributed by atoms with Gasteiger partial charge in [-0.25, -0.2) is 0 Å². The van der Waals surface area contributed by atoms with Gasteiger partial charge in [-0.15, -0.1) is 6.42 Å². The van der Waals surface area contributed by atoms with Crippen LogP contribution in [0.2, 0.25) is 0 Å². The lowest BCUT2D eigenvalue weighted by Gasteiger charge is -2.23. The number of benzene rings is 1. The van der Waals surface area contributed by atoms with Gasteiger partial charge in [0.1, 0.15) is 5.75 Å². The first-order valence-corrected chi connectivity index (χ1v) is 17.7. The summed E-state index contributed by atoms with van der Waals surface area (Å²) in [7, 11) is 0. The molecule has 2 unspecified atom stereocenters. The predicted octanol–water partition coefficient (Wildman–Crippen LogP) is 11.5. The highest BCUT2D eigenvalue weighted by Crippen LogP contribution is 2.38. The Morgan fingerprint density at radius 3 is 1.27 bits per heavy atom. The molecule has 0 saturated heterocycles. The van der Waals surface area contributed by atoms with Crippen molar-refractivity contribution in [2.45, 2.75) is 187 Å². The summed E-state index contributed by atoms with van der Waals surface area (Å²) in [5.74, 6) is 3.44. The molecule has 0 saturated carbocycles. The zero-order chi connectivity index (χ0) is 30.0. The van der Waals surface area contributed by atoms with Gasteiger partial charge in [-0.3, -0.25) is 0 Å². The van der Waals surface area contributed by atoms with Crippen molar-refractivity contribution in [3.05, 3.63) is 28.8 Å². The molecule has 1 aromatic carbocycles. The Labute approximate surface area is 255 Å². The molecule has 0 aromatic heterocycles. The highest BCUT2D eigenvalue weighted by Gasteiger charge is 2.22. The van der Waals surface area contributed by atoms with E-state index < -0.39 is 12.2 Å². The number of aliphatic hydroxyl groups excluding tert-OH is 2. The Kier molecular flexibility index (Phi) is 23.9. The molecule has 0 fully saturated rings.